The van der Waals surface area contributed by atoms with Crippen molar-refractivity contribution in [3.63, 3.8) is 0 Å². The molecule has 29 heavy (non-hydrogen) atoms. The van der Waals surface area contributed by atoms with Gasteiger partial charge >= 0.3 is 0 Å². The molecule has 150 valence electrons. The molecule has 0 spiro atoms. The lowest BCUT2D eigenvalue weighted by molar-refractivity contribution is -0.135. The van der Waals surface area contributed by atoms with Crippen molar-refractivity contribution in [2.75, 3.05) is 31.1 Å². The van der Waals surface area contributed by atoms with E-state index in [1.54, 1.807) is 0 Å². The highest BCUT2D eigenvalue weighted by Crippen LogP contribution is 2.25. The Kier molecular flexibility index (Phi) is 5.70. The van der Waals surface area contributed by atoms with Crippen LogP contribution >= 0.6 is 0 Å². The third-order valence-corrected chi connectivity index (χ3v) is 6.05. The number of aromatic nitrogens is 1. The van der Waals surface area contributed by atoms with E-state index in [0.717, 1.165) is 26.2 Å². The molecule has 3 aromatic rings. The largest absolute Gasteiger partial charge is 0.368 e. The molecule has 0 N–H and O–H groups in total. The second-order valence-electron chi connectivity index (χ2n) is 7.87. The van der Waals surface area contributed by atoms with E-state index in [0.29, 0.717) is 6.42 Å². The zero-order chi connectivity index (χ0) is 20.2. The first kappa shape index (κ1) is 19.3. The molecule has 1 fully saturated rings. The highest BCUT2D eigenvalue weighted by molar-refractivity contribution is 5.81. The summed E-state index contributed by atoms with van der Waals surface area (Å²) in [6, 6.07) is 20.5. The van der Waals surface area contributed by atoms with E-state index in [-0.39, 0.29) is 11.9 Å². The van der Waals surface area contributed by atoms with E-state index < -0.39 is 0 Å². The Balaban J connectivity index is 1.47. The van der Waals surface area contributed by atoms with Gasteiger partial charge in [-0.1, -0.05) is 42.5 Å². The molecular formula is C25H29N3O. The second-order valence-corrected chi connectivity index (χ2v) is 7.87. The van der Waals surface area contributed by atoms with E-state index in [9.17, 15) is 4.79 Å². The Hall–Kier alpha value is -3.01. The number of hydrogen-bond donors (Lipinski definition) is 0. The van der Waals surface area contributed by atoms with Crippen LogP contribution in [-0.4, -0.2) is 41.6 Å². The van der Waals surface area contributed by atoms with Crippen LogP contribution in [0.4, 0.5) is 5.69 Å². The normalized spacial score (nSPS) is 15.4. The van der Waals surface area contributed by atoms with Crippen molar-refractivity contribution in [1.29, 1.82) is 0 Å². The summed E-state index contributed by atoms with van der Waals surface area (Å²) in [6.07, 6.45) is 4.71. The fourth-order valence-corrected chi connectivity index (χ4v) is 4.17. The van der Waals surface area contributed by atoms with Crippen molar-refractivity contribution in [2.45, 2.75) is 26.3 Å². The van der Waals surface area contributed by atoms with Gasteiger partial charge in [-0.2, -0.15) is 0 Å². The van der Waals surface area contributed by atoms with Crippen LogP contribution in [0, 0.1) is 13.8 Å². The van der Waals surface area contributed by atoms with E-state index in [1.165, 1.54) is 22.4 Å². The molecule has 0 saturated carbocycles. The molecule has 1 atom stereocenters. The smallest absolute Gasteiger partial charge is 0.246 e. The molecule has 0 radical (unpaired) electrons. The number of carbonyl (C=O) groups is 1. The van der Waals surface area contributed by atoms with Crippen molar-refractivity contribution in [3.05, 3.63) is 89.7 Å². The zero-order valence-corrected chi connectivity index (χ0v) is 17.3. The molecule has 1 aliphatic rings. The predicted octanol–water partition coefficient (Wildman–Crippen LogP) is 4.24. The summed E-state index contributed by atoms with van der Waals surface area (Å²) in [4.78, 5) is 17.9. The highest BCUT2D eigenvalue weighted by Gasteiger charge is 2.29. The zero-order valence-electron chi connectivity index (χ0n) is 17.3. The number of benzene rings is 2. The minimum atomic E-state index is -0.195. The van der Waals surface area contributed by atoms with Gasteiger partial charge in [-0.15, -0.1) is 0 Å². The Morgan fingerprint density at radius 2 is 1.55 bits per heavy atom. The van der Waals surface area contributed by atoms with Crippen molar-refractivity contribution in [1.82, 2.24) is 9.47 Å². The van der Waals surface area contributed by atoms with Crippen molar-refractivity contribution in [3.8, 4) is 0 Å². The minimum absolute atomic E-state index is 0.195. The molecule has 4 rings (SSSR count). The number of aryl methyl sites for hydroxylation is 1. The Morgan fingerprint density at radius 1 is 0.862 bits per heavy atom. The van der Waals surface area contributed by atoms with E-state index >= 15 is 0 Å². The van der Waals surface area contributed by atoms with Crippen molar-refractivity contribution >= 4 is 11.6 Å². The summed E-state index contributed by atoms with van der Waals surface area (Å²) in [5, 5.41) is 0. The first-order chi connectivity index (χ1) is 14.1. The number of amides is 1. The lowest BCUT2D eigenvalue weighted by Crippen LogP contribution is -2.51. The van der Waals surface area contributed by atoms with Gasteiger partial charge in [0.1, 0.15) is 6.04 Å². The number of hydrogen-bond acceptors (Lipinski definition) is 2. The molecular weight excluding hydrogens is 358 g/mol. The fraction of sp³-hybridized carbons (Fsp3) is 0.320. The van der Waals surface area contributed by atoms with Gasteiger partial charge in [0.15, 0.2) is 0 Å². The van der Waals surface area contributed by atoms with Crippen LogP contribution in [0.25, 0.3) is 0 Å². The molecule has 4 heteroatoms. The minimum Gasteiger partial charge on any atom is -0.368 e. The molecule has 1 saturated heterocycles. The van der Waals surface area contributed by atoms with Crippen LogP contribution in [0.1, 0.15) is 22.7 Å². The quantitative estimate of drug-likeness (QED) is 0.655. The maximum absolute atomic E-state index is 13.5. The summed E-state index contributed by atoms with van der Waals surface area (Å²) in [7, 11) is 0. The van der Waals surface area contributed by atoms with Crippen molar-refractivity contribution < 1.29 is 4.79 Å². The van der Waals surface area contributed by atoms with Gasteiger partial charge in [-0.05, 0) is 48.7 Å². The monoisotopic (exact) mass is 387 g/mol. The molecule has 0 unspecified atom stereocenters. The Bertz CT molecular complexity index is 941. The van der Waals surface area contributed by atoms with Crippen LogP contribution in [0.3, 0.4) is 0 Å². The van der Waals surface area contributed by atoms with Crippen LogP contribution in [-0.2, 0) is 11.2 Å². The van der Waals surface area contributed by atoms with Gasteiger partial charge in [0, 0.05) is 50.7 Å². The van der Waals surface area contributed by atoms with Crippen LogP contribution < -0.4 is 4.90 Å². The van der Waals surface area contributed by atoms with Gasteiger partial charge in [-0.3, -0.25) is 4.79 Å². The molecule has 0 bridgehead atoms. The average molecular weight is 388 g/mol. The average Bonchev–Trinajstić information content (AvgIpc) is 3.29. The second kappa shape index (κ2) is 8.56. The lowest BCUT2D eigenvalue weighted by Gasteiger charge is -2.38. The predicted molar refractivity (Wildman–Crippen MR) is 118 cm³/mol. The molecule has 2 heterocycles. The number of rotatable bonds is 5. The third kappa shape index (κ3) is 4.21. The highest BCUT2D eigenvalue weighted by atomic mass is 16.2. The van der Waals surface area contributed by atoms with E-state index in [1.807, 2.05) is 52.2 Å². The topological polar surface area (TPSA) is 28.5 Å². The molecule has 1 aliphatic heterocycles. The molecule has 4 nitrogen and oxygen atoms in total. The molecule has 2 aromatic carbocycles. The van der Waals surface area contributed by atoms with E-state index in [4.69, 9.17) is 0 Å². The SMILES string of the molecule is Cc1cccc(N2CCN(C(=O)[C@@H](Cc3ccccc3)n3cccc3)CC2)c1C. The van der Waals surface area contributed by atoms with Crippen LogP contribution in [0.2, 0.25) is 0 Å². The van der Waals surface area contributed by atoms with Crippen LogP contribution in [0.15, 0.2) is 73.1 Å². The van der Waals surface area contributed by atoms with Crippen molar-refractivity contribution in [2.24, 2.45) is 0 Å². The number of carbonyl (C=O) groups excluding carboxylic acids is 1. The third-order valence-electron chi connectivity index (χ3n) is 6.05. The maximum Gasteiger partial charge on any atom is 0.246 e. The van der Waals surface area contributed by atoms with Gasteiger partial charge in [0.25, 0.3) is 0 Å². The first-order valence-corrected chi connectivity index (χ1v) is 10.4. The number of piperazine rings is 1. The van der Waals surface area contributed by atoms with Gasteiger partial charge in [0.2, 0.25) is 5.91 Å². The number of nitrogens with zero attached hydrogens (tertiary/aromatic N) is 3. The lowest BCUT2D eigenvalue weighted by atomic mass is 10.0. The number of anilines is 1. The summed E-state index contributed by atoms with van der Waals surface area (Å²) in [6.45, 7) is 7.62. The summed E-state index contributed by atoms with van der Waals surface area (Å²) >= 11 is 0. The molecule has 1 aromatic heterocycles. The fourth-order valence-electron chi connectivity index (χ4n) is 4.17. The van der Waals surface area contributed by atoms with Gasteiger partial charge in [-0.25, -0.2) is 0 Å². The van der Waals surface area contributed by atoms with Gasteiger partial charge < -0.3 is 14.4 Å². The summed E-state index contributed by atoms with van der Waals surface area (Å²) < 4.78 is 2.05. The Labute approximate surface area is 173 Å². The molecule has 1 amide bonds. The first-order valence-electron chi connectivity index (χ1n) is 10.4. The molecule has 0 aliphatic carbocycles. The summed E-state index contributed by atoms with van der Waals surface area (Å²) in [5.74, 6) is 0.214. The Morgan fingerprint density at radius 3 is 2.24 bits per heavy atom. The maximum atomic E-state index is 13.5. The summed E-state index contributed by atoms with van der Waals surface area (Å²) in [5.41, 5.74) is 5.13. The van der Waals surface area contributed by atoms with E-state index in [2.05, 4.69) is 49.1 Å². The van der Waals surface area contributed by atoms with Crippen LogP contribution in [0.5, 0.6) is 0 Å². The van der Waals surface area contributed by atoms with Gasteiger partial charge in [0.05, 0.1) is 0 Å². The standard InChI is InChI=1S/C25H29N3O/c1-20-9-8-12-23(21(20)2)27-15-17-28(18-16-27)25(29)24(26-13-6-7-14-26)19-22-10-4-3-5-11-22/h3-14,24H,15-19H2,1-2H3/t24-/m1/s1.